The van der Waals surface area contributed by atoms with Crippen molar-refractivity contribution in [3.05, 3.63) is 60.9 Å². The molecule has 6 heteroatoms. The zero-order chi connectivity index (χ0) is 17.8. The SMILES string of the molecule is O=C(c1ccco1)N(CCn1ccc(-c2ccncc2)n1)C1CCCC1. The Morgan fingerprint density at radius 1 is 1.19 bits per heavy atom. The van der Waals surface area contributed by atoms with Crippen molar-refractivity contribution in [3.63, 3.8) is 0 Å². The van der Waals surface area contributed by atoms with Gasteiger partial charge in [0.1, 0.15) is 0 Å². The summed E-state index contributed by atoms with van der Waals surface area (Å²) in [5.74, 6) is 0.387. The second kappa shape index (κ2) is 7.56. The van der Waals surface area contributed by atoms with E-state index >= 15 is 0 Å². The summed E-state index contributed by atoms with van der Waals surface area (Å²) < 4.78 is 7.23. The highest BCUT2D eigenvalue weighted by Crippen LogP contribution is 2.25. The molecule has 3 heterocycles. The number of hydrogen-bond acceptors (Lipinski definition) is 4. The van der Waals surface area contributed by atoms with Crippen molar-refractivity contribution in [1.82, 2.24) is 19.7 Å². The zero-order valence-corrected chi connectivity index (χ0v) is 14.6. The van der Waals surface area contributed by atoms with Crippen molar-refractivity contribution in [1.29, 1.82) is 0 Å². The van der Waals surface area contributed by atoms with Crippen LogP contribution in [-0.4, -0.2) is 38.2 Å². The molecule has 0 unspecified atom stereocenters. The van der Waals surface area contributed by atoms with Gasteiger partial charge < -0.3 is 9.32 Å². The Kier molecular flexibility index (Phi) is 4.82. The molecule has 3 aromatic heterocycles. The minimum Gasteiger partial charge on any atom is -0.459 e. The molecule has 0 aromatic carbocycles. The number of aromatic nitrogens is 3. The Morgan fingerprint density at radius 2 is 2.00 bits per heavy atom. The lowest BCUT2D eigenvalue weighted by atomic mass is 10.2. The predicted octanol–water partition coefficient (Wildman–Crippen LogP) is 3.62. The number of rotatable bonds is 6. The number of carbonyl (C=O) groups is 1. The first-order valence-electron chi connectivity index (χ1n) is 9.09. The Bertz CT molecular complexity index is 836. The molecule has 0 atom stereocenters. The van der Waals surface area contributed by atoms with Crippen LogP contribution in [0.1, 0.15) is 36.2 Å². The molecule has 134 valence electrons. The first-order valence-corrected chi connectivity index (χ1v) is 9.09. The third kappa shape index (κ3) is 3.54. The van der Waals surface area contributed by atoms with Crippen LogP contribution in [0.4, 0.5) is 0 Å². The van der Waals surface area contributed by atoms with Gasteiger partial charge in [-0.3, -0.25) is 14.5 Å². The molecule has 4 rings (SSSR count). The molecular formula is C20H22N4O2. The summed E-state index contributed by atoms with van der Waals surface area (Å²) in [4.78, 5) is 18.8. The van der Waals surface area contributed by atoms with Crippen LogP contribution in [0.25, 0.3) is 11.3 Å². The molecule has 0 aliphatic heterocycles. The highest BCUT2D eigenvalue weighted by atomic mass is 16.3. The van der Waals surface area contributed by atoms with Gasteiger partial charge in [-0.1, -0.05) is 12.8 Å². The normalized spacial score (nSPS) is 14.6. The molecule has 0 saturated heterocycles. The van der Waals surface area contributed by atoms with E-state index in [9.17, 15) is 4.79 Å². The fourth-order valence-electron chi connectivity index (χ4n) is 3.58. The topological polar surface area (TPSA) is 64.2 Å². The molecule has 1 aliphatic rings. The van der Waals surface area contributed by atoms with Crippen molar-refractivity contribution in [3.8, 4) is 11.3 Å². The minimum absolute atomic E-state index is 0.0246. The Balaban J connectivity index is 1.46. The first-order chi connectivity index (χ1) is 12.8. The fourth-order valence-corrected chi connectivity index (χ4v) is 3.58. The lowest BCUT2D eigenvalue weighted by molar-refractivity contribution is 0.0639. The molecule has 6 nitrogen and oxygen atoms in total. The maximum Gasteiger partial charge on any atom is 0.289 e. The van der Waals surface area contributed by atoms with Gasteiger partial charge in [0.2, 0.25) is 0 Å². The molecule has 0 spiro atoms. The molecule has 3 aromatic rings. The van der Waals surface area contributed by atoms with Gasteiger partial charge in [-0.15, -0.1) is 0 Å². The predicted molar refractivity (Wildman–Crippen MR) is 97.5 cm³/mol. The van der Waals surface area contributed by atoms with Gasteiger partial charge in [-0.25, -0.2) is 0 Å². The molecule has 1 aliphatic carbocycles. The van der Waals surface area contributed by atoms with Crippen molar-refractivity contribution in [2.24, 2.45) is 0 Å². The molecule has 1 fully saturated rings. The summed E-state index contributed by atoms with van der Waals surface area (Å²) in [5, 5.41) is 4.63. The number of carbonyl (C=O) groups excluding carboxylic acids is 1. The van der Waals surface area contributed by atoms with Crippen LogP contribution >= 0.6 is 0 Å². The minimum atomic E-state index is -0.0246. The molecular weight excluding hydrogens is 328 g/mol. The van der Waals surface area contributed by atoms with E-state index in [0.717, 1.165) is 24.1 Å². The lowest BCUT2D eigenvalue weighted by Crippen LogP contribution is -2.40. The van der Waals surface area contributed by atoms with E-state index in [0.29, 0.717) is 24.9 Å². The van der Waals surface area contributed by atoms with Gasteiger partial charge in [0.15, 0.2) is 5.76 Å². The zero-order valence-electron chi connectivity index (χ0n) is 14.6. The second-order valence-electron chi connectivity index (χ2n) is 6.61. The van der Waals surface area contributed by atoms with Crippen molar-refractivity contribution < 1.29 is 9.21 Å². The van der Waals surface area contributed by atoms with E-state index in [2.05, 4.69) is 10.1 Å². The second-order valence-corrected chi connectivity index (χ2v) is 6.61. The molecule has 0 radical (unpaired) electrons. The summed E-state index contributed by atoms with van der Waals surface area (Å²) in [6.07, 6.45) is 11.5. The van der Waals surface area contributed by atoms with Crippen molar-refractivity contribution >= 4 is 5.91 Å². The summed E-state index contributed by atoms with van der Waals surface area (Å²) in [6, 6.07) is 9.66. The van der Waals surface area contributed by atoms with E-state index in [-0.39, 0.29) is 5.91 Å². The van der Waals surface area contributed by atoms with E-state index < -0.39 is 0 Å². The smallest absolute Gasteiger partial charge is 0.289 e. The van der Waals surface area contributed by atoms with Gasteiger partial charge in [0.05, 0.1) is 18.5 Å². The van der Waals surface area contributed by atoms with Gasteiger partial charge >= 0.3 is 0 Å². The number of furan rings is 1. The molecule has 0 N–H and O–H groups in total. The van der Waals surface area contributed by atoms with Crippen LogP contribution < -0.4 is 0 Å². The monoisotopic (exact) mass is 350 g/mol. The average Bonchev–Trinajstić information content (AvgIpc) is 3.44. The van der Waals surface area contributed by atoms with E-state index in [1.807, 2.05) is 34.0 Å². The quantitative estimate of drug-likeness (QED) is 0.681. The third-order valence-electron chi connectivity index (χ3n) is 4.95. The first kappa shape index (κ1) is 16.6. The maximum atomic E-state index is 12.8. The fraction of sp³-hybridized carbons (Fsp3) is 0.350. The summed E-state index contributed by atoms with van der Waals surface area (Å²) in [5.41, 5.74) is 1.95. The van der Waals surface area contributed by atoms with E-state index in [4.69, 9.17) is 4.42 Å². The van der Waals surface area contributed by atoms with E-state index in [1.165, 1.54) is 12.8 Å². The third-order valence-corrected chi connectivity index (χ3v) is 4.95. The van der Waals surface area contributed by atoms with Crippen molar-refractivity contribution in [2.75, 3.05) is 6.54 Å². The van der Waals surface area contributed by atoms with Gasteiger partial charge in [-0.05, 0) is 43.2 Å². The summed E-state index contributed by atoms with van der Waals surface area (Å²) in [7, 11) is 0. The maximum absolute atomic E-state index is 12.8. The van der Waals surface area contributed by atoms with Gasteiger partial charge in [0.25, 0.3) is 5.91 Å². The van der Waals surface area contributed by atoms with Crippen LogP contribution in [-0.2, 0) is 6.54 Å². The van der Waals surface area contributed by atoms with Crippen LogP contribution in [0.15, 0.2) is 59.6 Å². The number of pyridine rings is 1. The standard InChI is InChI=1S/C20H22N4O2/c25-20(19-6-3-15-26-19)24(17-4-1-2-5-17)14-13-23-12-9-18(22-23)16-7-10-21-11-8-16/h3,6-12,15,17H,1-2,4-5,13-14H2. The summed E-state index contributed by atoms with van der Waals surface area (Å²) in [6.45, 7) is 1.29. The van der Waals surface area contributed by atoms with E-state index in [1.54, 1.807) is 30.8 Å². The van der Waals surface area contributed by atoms with Gasteiger partial charge in [-0.2, -0.15) is 5.10 Å². The molecule has 0 bridgehead atoms. The largest absolute Gasteiger partial charge is 0.459 e. The lowest BCUT2D eigenvalue weighted by Gasteiger charge is -2.28. The summed E-state index contributed by atoms with van der Waals surface area (Å²) >= 11 is 0. The Labute approximate surface area is 152 Å². The van der Waals surface area contributed by atoms with Gasteiger partial charge in [0, 0.05) is 36.7 Å². The van der Waals surface area contributed by atoms with Crippen LogP contribution in [0.5, 0.6) is 0 Å². The van der Waals surface area contributed by atoms with Crippen LogP contribution in [0.3, 0.4) is 0 Å². The van der Waals surface area contributed by atoms with Crippen LogP contribution in [0, 0.1) is 0 Å². The molecule has 26 heavy (non-hydrogen) atoms. The Morgan fingerprint density at radius 3 is 2.73 bits per heavy atom. The number of nitrogens with zero attached hydrogens (tertiary/aromatic N) is 4. The highest BCUT2D eigenvalue weighted by molar-refractivity contribution is 5.91. The Hall–Kier alpha value is -2.89. The van der Waals surface area contributed by atoms with Crippen molar-refractivity contribution in [2.45, 2.75) is 38.3 Å². The number of amides is 1. The molecule has 1 saturated carbocycles. The number of hydrogen-bond donors (Lipinski definition) is 0. The average molecular weight is 350 g/mol. The highest BCUT2D eigenvalue weighted by Gasteiger charge is 2.28. The van der Waals surface area contributed by atoms with Crippen LogP contribution in [0.2, 0.25) is 0 Å². The molecule has 1 amide bonds.